The second-order valence-corrected chi connectivity index (χ2v) is 13.5. The Kier molecular flexibility index (Phi) is 11.1. The van der Waals surface area contributed by atoms with E-state index in [2.05, 4.69) is 0 Å². The van der Waals surface area contributed by atoms with Gasteiger partial charge in [0, 0.05) is 19.8 Å². The molecule has 4 aliphatic heterocycles. The fourth-order valence-electron chi connectivity index (χ4n) is 7.16. The summed E-state index contributed by atoms with van der Waals surface area (Å²) in [5, 5.41) is 54.4. The van der Waals surface area contributed by atoms with Gasteiger partial charge in [0.05, 0.1) is 44.4 Å². The molecule has 15 nitrogen and oxygen atoms in total. The van der Waals surface area contributed by atoms with Crippen LogP contribution in [0.4, 0.5) is 0 Å². The number of rotatable bonds is 7. The van der Waals surface area contributed by atoms with Crippen LogP contribution in [0.2, 0.25) is 5.82 Å². The minimum absolute atomic E-state index is 0.0485. The minimum Gasteiger partial charge on any atom is -0.391 e. The molecule has 0 aromatic rings. The fraction of sp³-hybridized carbons (Fsp3) is 1.00. The van der Waals surface area contributed by atoms with E-state index in [1.165, 1.54) is 0 Å². The number of aliphatic hydroxyl groups is 5. The highest BCUT2D eigenvalue weighted by molar-refractivity contribution is 6.12. The Bertz CT molecular complexity index is 998. The molecule has 5 aliphatic rings. The molecule has 1 saturated carbocycles. The topological polar surface area (TPSA) is 244 Å². The Hall–Kier alpha value is -0.535. The van der Waals surface area contributed by atoms with Gasteiger partial charge >= 0.3 is 0 Å². The Labute approximate surface area is 266 Å². The third kappa shape index (κ3) is 7.12. The molecule has 11 N–H and O–H groups in total. The summed E-state index contributed by atoms with van der Waals surface area (Å²) in [4.78, 5) is 0. The van der Waals surface area contributed by atoms with Crippen molar-refractivity contribution in [2.24, 2.45) is 29.0 Å². The Balaban J connectivity index is 1.31. The zero-order chi connectivity index (χ0) is 33.6. The molecule has 0 amide bonds. The zero-order valence-corrected chi connectivity index (χ0v) is 26.1. The van der Waals surface area contributed by atoms with Gasteiger partial charge < -0.3 is 75.9 Å². The molecule has 0 aromatic heterocycles. The van der Waals surface area contributed by atoms with Crippen molar-refractivity contribution in [1.29, 1.82) is 0 Å². The maximum Gasteiger partial charge on any atom is 0.187 e. The molecule has 2 radical (unpaired) electrons. The maximum atomic E-state index is 11.3. The predicted octanol–water partition coefficient (Wildman–Crippen LogP) is -3.05. The van der Waals surface area contributed by atoms with E-state index < -0.39 is 110 Å². The SMILES string of the molecule is [2H]C[C@H]1O[C@@H](O[C@@H]2C(O)[C@H](C)CC(N)[C@H]2O[C@H]2OC3C(C)CCC(C)O[C@H]3[C@H](O)C2[B])C(O)[C@H]1O[C@H]1OC(CN)[C@@H](O)C(O)C1N. The number of hydrogen-bond acceptors (Lipinski definition) is 15. The quantitative estimate of drug-likeness (QED) is 0.128. The molecular weight excluding hydrogens is 593 g/mol. The number of ether oxygens (including phenoxy) is 7. The van der Waals surface area contributed by atoms with Crippen molar-refractivity contribution in [3.05, 3.63) is 0 Å². The first-order valence-electron chi connectivity index (χ1n) is 16.7. The van der Waals surface area contributed by atoms with E-state index in [1.807, 2.05) is 13.8 Å². The van der Waals surface area contributed by atoms with Crippen LogP contribution in [0.5, 0.6) is 0 Å². The van der Waals surface area contributed by atoms with Crippen LogP contribution in [-0.2, 0) is 33.2 Å². The molecule has 0 spiro atoms. The summed E-state index contributed by atoms with van der Waals surface area (Å²) >= 11 is 0. The van der Waals surface area contributed by atoms with Crippen LogP contribution >= 0.6 is 0 Å². The first-order chi connectivity index (χ1) is 21.8. The molecule has 10 unspecified atom stereocenters. The van der Waals surface area contributed by atoms with Crippen molar-refractivity contribution >= 4 is 7.85 Å². The first-order valence-corrected chi connectivity index (χ1v) is 16.0. The van der Waals surface area contributed by atoms with Gasteiger partial charge in [-0.05, 0) is 44.9 Å². The molecular formula is C29H52BN3O12. The van der Waals surface area contributed by atoms with Gasteiger partial charge in [0.15, 0.2) is 18.9 Å². The van der Waals surface area contributed by atoms with E-state index in [1.54, 1.807) is 6.92 Å². The van der Waals surface area contributed by atoms with E-state index >= 15 is 0 Å². The van der Waals surface area contributed by atoms with Gasteiger partial charge in [-0.15, -0.1) is 0 Å². The molecule has 5 fully saturated rings. The van der Waals surface area contributed by atoms with Crippen molar-refractivity contribution in [3.8, 4) is 0 Å². The van der Waals surface area contributed by atoms with Crippen molar-refractivity contribution < 1.29 is 60.1 Å². The summed E-state index contributed by atoms with van der Waals surface area (Å²) in [6, 6.07) is -1.84. The molecule has 5 rings (SSSR count). The van der Waals surface area contributed by atoms with Crippen LogP contribution in [0.15, 0.2) is 0 Å². The standard InChI is InChI=1S/C29H52BN3O12/c1-9-5-6-11(3)39-26-19(36)15(30)27(42-22(9)26)44-24-13(32)7-10(2)17(34)25(24)45-29-21(38)23(12(4)40-29)43-28-16(33)20(37)18(35)14(8-31)41-28/h9-29,34-38H,5-8,31-33H2,1-4H3/t9?,10-,11?,12-,13?,14?,15?,16?,17?,18-,19-,20?,21?,22?,23+,24-,25-,26+,27-,28-,29+/m1/s1/i4D. The third-order valence-corrected chi connectivity index (χ3v) is 10.1. The molecule has 258 valence electrons. The molecule has 0 aromatic carbocycles. The maximum absolute atomic E-state index is 11.3. The fourth-order valence-corrected chi connectivity index (χ4v) is 7.16. The lowest BCUT2D eigenvalue weighted by molar-refractivity contribution is -0.312. The Morgan fingerprint density at radius 3 is 2.11 bits per heavy atom. The largest absolute Gasteiger partial charge is 0.391 e. The molecule has 4 heterocycles. The summed E-state index contributed by atoms with van der Waals surface area (Å²) in [5.74, 6) is -1.26. The van der Waals surface area contributed by atoms with E-state index in [0.717, 1.165) is 12.8 Å². The first kappa shape index (κ1) is 34.3. The lowest BCUT2D eigenvalue weighted by atomic mass is 9.74. The average molecular weight is 647 g/mol. The van der Waals surface area contributed by atoms with Gasteiger partial charge in [0.25, 0.3) is 0 Å². The molecule has 1 aliphatic carbocycles. The molecule has 0 bridgehead atoms. The van der Waals surface area contributed by atoms with Crippen LogP contribution in [0.25, 0.3) is 0 Å². The molecule has 45 heavy (non-hydrogen) atoms. The highest BCUT2D eigenvalue weighted by Gasteiger charge is 2.54. The van der Waals surface area contributed by atoms with E-state index in [4.69, 9.17) is 59.6 Å². The molecule has 4 saturated heterocycles. The predicted molar refractivity (Wildman–Crippen MR) is 157 cm³/mol. The summed E-state index contributed by atoms with van der Waals surface area (Å²) in [7, 11) is 6.43. The van der Waals surface area contributed by atoms with Crippen molar-refractivity contribution in [2.75, 3.05) is 6.54 Å². The number of hydrogen-bond donors (Lipinski definition) is 8. The van der Waals surface area contributed by atoms with E-state index in [9.17, 15) is 25.5 Å². The number of aliphatic hydroxyl groups excluding tert-OH is 5. The van der Waals surface area contributed by atoms with Crippen LogP contribution in [0.1, 0.15) is 48.3 Å². The highest BCUT2D eigenvalue weighted by atomic mass is 16.8. The van der Waals surface area contributed by atoms with Gasteiger partial charge in [-0.1, -0.05) is 13.8 Å². The van der Waals surface area contributed by atoms with Gasteiger partial charge in [0.1, 0.15) is 48.8 Å². The Morgan fingerprint density at radius 2 is 1.42 bits per heavy atom. The smallest absolute Gasteiger partial charge is 0.187 e. The van der Waals surface area contributed by atoms with E-state index in [-0.39, 0.29) is 31.4 Å². The summed E-state index contributed by atoms with van der Waals surface area (Å²) < 4.78 is 50.4. The lowest BCUT2D eigenvalue weighted by Gasteiger charge is -2.49. The van der Waals surface area contributed by atoms with Gasteiger partial charge in [-0.25, -0.2) is 0 Å². The highest BCUT2D eigenvalue weighted by Crippen LogP contribution is 2.41. The average Bonchev–Trinajstić information content (AvgIpc) is 3.24. The third-order valence-electron chi connectivity index (χ3n) is 10.1. The van der Waals surface area contributed by atoms with Gasteiger partial charge in [-0.2, -0.15) is 0 Å². The van der Waals surface area contributed by atoms with Crippen molar-refractivity contribution in [2.45, 2.75) is 163 Å². The number of fused-ring (bicyclic) bond motifs is 1. The summed E-state index contributed by atoms with van der Waals surface area (Å²) in [5.41, 5.74) is 18.3. The minimum atomic E-state index is -1.49. The second kappa shape index (κ2) is 14.5. The second-order valence-electron chi connectivity index (χ2n) is 13.5. The van der Waals surface area contributed by atoms with Crippen LogP contribution < -0.4 is 17.2 Å². The zero-order valence-electron chi connectivity index (χ0n) is 27.1. The Morgan fingerprint density at radius 1 is 0.733 bits per heavy atom. The summed E-state index contributed by atoms with van der Waals surface area (Å²) in [6.45, 7) is 5.30. The van der Waals surface area contributed by atoms with Crippen molar-refractivity contribution in [3.63, 3.8) is 0 Å². The number of nitrogens with two attached hydrogens (primary N) is 3. The van der Waals surface area contributed by atoms with Crippen LogP contribution in [0.3, 0.4) is 0 Å². The monoisotopic (exact) mass is 646 g/mol. The van der Waals surface area contributed by atoms with Gasteiger partial charge in [-0.3, -0.25) is 0 Å². The normalized spacial score (nSPS) is 56.3. The van der Waals surface area contributed by atoms with Crippen molar-refractivity contribution in [1.82, 2.24) is 0 Å². The van der Waals surface area contributed by atoms with Crippen LogP contribution in [0, 0.1) is 11.8 Å². The van der Waals surface area contributed by atoms with Crippen LogP contribution in [-0.4, -0.2) is 150 Å². The summed E-state index contributed by atoms with van der Waals surface area (Å²) in [6.07, 6.45) is -14.7. The van der Waals surface area contributed by atoms with Gasteiger partial charge in [0.2, 0.25) is 0 Å². The van der Waals surface area contributed by atoms with E-state index in [0.29, 0.717) is 6.42 Å². The molecule has 16 heteroatoms. The molecule has 21 atom stereocenters. The lowest BCUT2D eigenvalue weighted by Crippen LogP contribution is -2.64.